The highest BCUT2D eigenvalue weighted by Gasteiger charge is 2.42. The first-order valence-electron chi connectivity index (χ1n) is 6.74. The molecule has 1 atom stereocenters. The average Bonchev–Trinajstić information content (AvgIpc) is 2.42. The molecule has 18 heavy (non-hydrogen) atoms. The van der Waals surface area contributed by atoms with Crippen molar-refractivity contribution in [2.45, 2.75) is 43.7 Å². The maximum absolute atomic E-state index is 11.3. The standard InChI is InChI=1S/C15H19NO2/c17-12-5-8-15(18,9-6-12)14-13-4-2-1-3-11(13)7-10-16-14/h1-4,14,16,18H,5-10H2. The number of fused-ring (bicyclic) bond motifs is 1. The summed E-state index contributed by atoms with van der Waals surface area (Å²) in [6.07, 6.45) is 3.20. The van der Waals surface area contributed by atoms with Gasteiger partial charge in [-0.15, -0.1) is 0 Å². The molecular formula is C15H19NO2. The molecule has 0 radical (unpaired) electrons. The summed E-state index contributed by atoms with van der Waals surface area (Å²) in [6.45, 7) is 0.901. The van der Waals surface area contributed by atoms with E-state index in [0.717, 1.165) is 13.0 Å². The van der Waals surface area contributed by atoms with E-state index in [0.29, 0.717) is 25.7 Å². The number of nitrogens with one attached hydrogen (secondary N) is 1. The zero-order valence-electron chi connectivity index (χ0n) is 10.5. The Morgan fingerprint density at radius 2 is 1.89 bits per heavy atom. The van der Waals surface area contributed by atoms with Crippen molar-refractivity contribution in [1.29, 1.82) is 0 Å². The minimum absolute atomic E-state index is 0.0180. The predicted octanol–water partition coefficient (Wildman–Crippen LogP) is 1.75. The number of Topliss-reactive ketones (excluding diaryl/α,β-unsaturated/α-hetero) is 1. The number of ketones is 1. The fourth-order valence-corrected chi connectivity index (χ4v) is 3.23. The van der Waals surface area contributed by atoms with E-state index in [-0.39, 0.29) is 11.8 Å². The number of aliphatic hydroxyl groups is 1. The fourth-order valence-electron chi connectivity index (χ4n) is 3.23. The van der Waals surface area contributed by atoms with E-state index in [9.17, 15) is 9.90 Å². The maximum atomic E-state index is 11.3. The van der Waals surface area contributed by atoms with Crippen molar-refractivity contribution in [2.24, 2.45) is 0 Å². The third-order valence-corrected chi connectivity index (χ3v) is 4.32. The van der Waals surface area contributed by atoms with Crippen LogP contribution in [0.5, 0.6) is 0 Å². The topological polar surface area (TPSA) is 49.3 Å². The van der Waals surface area contributed by atoms with E-state index in [1.54, 1.807) is 0 Å². The molecule has 0 spiro atoms. The lowest BCUT2D eigenvalue weighted by atomic mass is 9.74. The van der Waals surface area contributed by atoms with E-state index < -0.39 is 5.60 Å². The Morgan fingerprint density at radius 3 is 2.67 bits per heavy atom. The SMILES string of the molecule is O=C1CCC(O)(C2NCCc3ccccc32)CC1. The molecule has 2 N–H and O–H groups in total. The van der Waals surface area contributed by atoms with Gasteiger partial charge in [0.2, 0.25) is 0 Å². The van der Waals surface area contributed by atoms with Crippen molar-refractivity contribution >= 4 is 5.78 Å². The molecule has 3 rings (SSSR count). The van der Waals surface area contributed by atoms with Crippen molar-refractivity contribution < 1.29 is 9.90 Å². The first-order valence-corrected chi connectivity index (χ1v) is 6.74. The van der Waals surface area contributed by atoms with E-state index in [1.807, 2.05) is 6.07 Å². The quantitative estimate of drug-likeness (QED) is 0.792. The monoisotopic (exact) mass is 245 g/mol. The lowest BCUT2D eigenvalue weighted by Crippen LogP contribution is -2.49. The van der Waals surface area contributed by atoms with Gasteiger partial charge in [0.1, 0.15) is 5.78 Å². The Labute approximate surface area is 107 Å². The highest BCUT2D eigenvalue weighted by molar-refractivity contribution is 5.79. The summed E-state index contributed by atoms with van der Waals surface area (Å²) in [6, 6.07) is 8.29. The largest absolute Gasteiger partial charge is 0.388 e. The van der Waals surface area contributed by atoms with Crippen LogP contribution >= 0.6 is 0 Å². The van der Waals surface area contributed by atoms with Crippen LogP contribution in [0.4, 0.5) is 0 Å². The molecule has 1 aliphatic heterocycles. The minimum atomic E-state index is -0.759. The lowest BCUT2D eigenvalue weighted by molar-refractivity contribution is -0.127. The average molecular weight is 245 g/mol. The second-order valence-corrected chi connectivity index (χ2v) is 5.48. The zero-order chi connectivity index (χ0) is 12.6. The normalized spacial score (nSPS) is 26.7. The van der Waals surface area contributed by atoms with Crippen LogP contribution in [-0.4, -0.2) is 23.0 Å². The molecule has 1 fully saturated rings. The molecule has 3 nitrogen and oxygen atoms in total. The number of rotatable bonds is 1. The first-order chi connectivity index (χ1) is 8.69. The summed E-state index contributed by atoms with van der Waals surface area (Å²) < 4.78 is 0. The Morgan fingerprint density at radius 1 is 1.17 bits per heavy atom. The zero-order valence-corrected chi connectivity index (χ0v) is 10.5. The Bertz CT molecular complexity index is 459. The molecule has 1 unspecified atom stereocenters. The van der Waals surface area contributed by atoms with Gasteiger partial charge in [-0.05, 0) is 36.9 Å². The molecule has 96 valence electrons. The smallest absolute Gasteiger partial charge is 0.133 e. The van der Waals surface area contributed by atoms with Crippen molar-refractivity contribution in [3.63, 3.8) is 0 Å². The number of hydrogen-bond acceptors (Lipinski definition) is 3. The molecule has 0 aromatic heterocycles. The molecule has 0 saturated heterocycles. The Hall–Kier alpha value is -1.19. The summed E-state index contributed by atoms with van der Waals surface area (Å²) in [7, 11) is 0. The van der Waals surface area contributed by atoms with Crippen LogP contribution in [0.25, 0.3) is 0 Å². The van der Waals surface area contributed by atoms with E-state index in [1.165, 1.54) is 11.1 Å². The van der Waals surface area contributed by atoms with Gasteiger partial charge in [0.05, 0.1) is 11.6 Å². The molecule has 0 amide bonds. The number of carbonyl (C=O) groups excluding carboxylic acids is 1. The first kappa shape index (κ1) is 11.9. The Balaban J connectivity index is 1.91. The van der Waals surface area contributed by atoms with Crippen molar-refractivity contribution in [1.82, 2.24) is 5.32 Å². The molecule has 1 aliphatic carbocycles. The fraction of sp³-hybridized carbons (Fsp3) is 0.533. The molecule has 0 bridgehead atoms. The van der Waals surface area contributed by atoms with Crippen LogP contribution < -0.4 is 5.32 Å². The van der Waals surface area contributed by atoms with Crippen LogP contribution in [0.2, 0.25) is 0 Å². The van der Waals surface area contributed by atoms with Gasteiger partial charge in [-0.1, -0.05) is 24.3 Å². The van der Waals surface area contributed by atoms with E-state index in [4.69, 9.17) is 0 Å². The van der Waals surface area contributed by atoms with Gasteiger partial charge in [-0.2, -0.15) is 0 Å². The summed E-state index contributed by atoms with van der Waals surface area (Å²) in [4.78, 5) is 11.3. The molecule has 1 saturated carbocycles. The van der Waals surface area contributed by atoms with Crippen LogP contribution in [-0.2, 0) is 11.2 Å². The molecule has 1 aromatic rings. The highest BCUT2D eigenvalue weighted by Crippen LogP contribution is 2.39. The maximum Gasteiger partial charge on any atom is 0.133 e. The van der Waals surface area contributed by atoms with Gasteiger partial charge in [-0.3, -0.25) is 4.79 Å². The van der Waals surface area contributed by atoms with E-state index >= 15 is 0 Å². The van der Waals surface area contributed by atoms with Gasteiger partial charge in [0, 0.05) is 12.8 Å². The van der Waals surface area contributed by atoms with E-state index in [2.05, 4.69) is 23.5 Å². The van der Waals surface area contributed by atoms with Crippen molar-refractivity contribution in [2.75, 3.05) is 6.54 Å². The number of hydrogen-bond donors (Lipinski definition) is 2. The second kappa shape index (κ2) is 4.48. The minimum Gasteiger partial charge on any atom is -0.388 e. The van der Waals surface area contributed by atoms with Crippen LogP contribution in [0.3, 0.4) is 0 Å². The predicted molar refractivity (Wildman–Crippen MR) is 69.3 cm³/mol. The lowest BCUT2D eigenvalue weighted by Gasteiger charge is -2.42. The second-order valence-electron chi connectivity index (χ2n) is 5.48. The van der Waals surface area contributed by atoms with Gasteiger partial charge in [0.15, 0.2) is 0 Å². The van der Waals surface area contributed by atoms with Crippen LogP contribution in [0.1, 0.15) is 42.9 Å². The Kier molecular flexibility index (Phi) is 2.96. The molecule has 1 aromatic carbocycles. The number of benzene rings is 1. The molecule has 3 heteroatoms. The third-order valence-electron chi connectivity index (χ3n) is 4.32. The summed E-state index contributed by atoms with van der Waals surface area (Å²) in [5.41, 5.74) is 1.77. The molecule has 2 aliphatic rings. The van der Waals surface area contributed by atoms with Gasteiger partial charge < -0.3 is 10.4 Å². The molecular weight excluding hydrogens is 226 g/mol. The van der Waals surface area contributed by atoms with Gasteiger partial charge in [0.25, 0.3) is 0 Å². The van der Waals surface area contributed by atoms with Crippen LogP contribution in [0.15, 0.2) is 24.3 Å². The summed E-state index contributed by atoms with van der Waals surface area (Å²) in [5.74, 6) is 0.281. The summed E-state index contributed by atoms with van der Waals surface area (Å²) >= 11 is 0. The van der Waals surface area contributed by atoms with Gasteiger partial charge >= 0.3 is 0 Å². The van der Waals surface area contributed by atoms with Gasteiger partial charge in [-0.25, -0.2) is 0 Å². The van der Waals surface area contributed by atoms with Crippen molar-refractivity contribution in [3.05, 3.63) is 35.4 Å². The van der Waals surface area contributed by atoms with Crippen molar-refractivity contribution in [3.8, 4) is 0 Å². The summed E-state index contributed by atoms with van der Waals surface area (Å²) in [5, 5.41) is 14.3. The van der Waals surface area contributed by atoms with Crippen LogP contribution in [0, 0.1) is 0 Å². The number of carbonyl (C=O) groups is 1. The molecule has 1 heterocycles. The third kappa shape index (κ3) is 1.98. The highest BCUT2D eigenvalue weighted by atomic mass is 16.3.